The predicted molar refractivity (Wildman–Crippen MR) is 69.5 cm³/mol. The second kappa shape index (κ2) is 7.92. The second-order valence-corrected chi connectivity index (χ2v) is 3.58. The van der Waals surface area contributed by atoms with Crippen LogP contribution in [0.1, 0.15) is 23.7 Å². The number of para-hydroxylation sites is 1. The lowest BCUT2D eigenvalue weighted by Gasteiger charge is -2.13. The number of rotatable bonds is 5. The lowest BCUT2D eigenvalue weighted by Crippen LogP contribution is -2.17. The van der Waals surface area contributed by atoms with Crippen LogP contribution < -0.4 is 5.73 Å². The first-order valence-corrected chi connectivity index (χ1v) is 5.19. The zero-order chi connectivity index (χ0) is 12.0. The molecule has 1 rings (SSSR count). The van der Waals surface area contributed by atoms with Crippen molar-refractivity contribution in [3.8, 4) is 0 Å². The first kappa shape index (κ1) is 15.7. The molecular formula is C12H18ClNO3. The average molecular weight is 260 g/mol. The van der Waals surface area contributed by atoms with Crippen LogP contribution in [-0.4, -0.2) is 25.8 Å². The van der Waals surface area contributed by atoms with Crippen molar-refractivity contribution in [3.63, 3.8) is 0 Å². The summed E-state index contributed by atoms with van der Waals surface area (Å²) in [4.78, 5) is 11.7. The van der Waals surface area contributed by atoms with Gasteiger partial charge in [-0.1, -0.05) is 12.1 Å². The molecule has 0 fully saturated rings. The highest BCUT2D eigenvalue weighted by Gasteiger charge is 2.13. The monoisotopic (exact) mass is 259 g/mol. The van der Waals surface area contributed by atoms with Crippen LogP contribution in [0.15, 0.2) is 24.3 Å². The van der Waals surface area contributed by atoms with Gasteiger partial charge in [0.05, 0.1) is 5.56 Å². The number of nitrogens with two attached hydrogens (primary N) is 1. The third-order valence-corrected chi connectivity index (χ3v) is 2.22. The molecular weight excluding hydrogens is 242 g/mol. The topological polar surface area (TPSA) is 61.5 Å². The fraction of sp³-hybridized carbons (Fsp3) is 0.417. The Balaban J connectivity index is 0.00000256. The van der Waals surface area contributed by atoms with Gasteiger partial charge in [-0.3, -0.25) is 0 Å². The minimum Gasteiger partial charge on any atom is -0.459 e. The van der Waals surface area contributed by atoms with Crippen LogP contribution in [0.4, 0.5) is 5.69 Å². The van der Waals surface area contributed by atoms with Gasteiger partial charge in [0.2, 0.25) is 0 Å². The number of esters is 1. The highest BCUT2D eigenvalue weighted by molar-refractivity contribution is 5.95. The smallest absolute Gasteiger partial charge is 0.340 e. The quantitative estimate of drug-likeness (QED) is 0.651. The van der Waals surface area contributed by atoms with Gasteiger partial charge in [0.1, 0.15) is 6.10 Å². The van der Waals surface area contributed by atoms with Crippen molar-refractivity contribution in [2.75, 3.05) is 19.5 Å². The molecule has 0 heterocycles. The number of methoxy groups -OCH3 is 1. The van der Waals surface area contributed by atoms with Crippen molar-refractivity contribution in [1.29, 1.82) is 0 Å². The second-order valence-electron chi connectivity index (χ2n) is 3.58. The molecule has 5 heteroatoms. The normalized spacial score (nSPS) is 11.4. The van der Waals surface area contributed by atoms with Gasteiger partial charge in [0, 0.05) is 25.8 Å². The molecule has 0 aliphatic rings. The first-order chi connectivity index (χ1) is 7.65. The van der Waals surface area contributed by atoms with E-state index in [9.17, 15) is 4.79 Å². The minimum absolute atomic E-state index is 0. The molecule has 1 aromatic carbocycles. The zero-order valence-electron chi connectivity index (χ0n) is 10.0. The first-order valence-electron chi connectivity index (χ1n) is 5.19. The fourth-order valence-electron chi connectivity index (χ4n) is 1.27. The van der Waals surface area contributed by atoms with Gasteiger partial charge in [-0.15, -0.1) is 12.4 Å². The Morgan fingerprint density at radius 3 is 2.65 bits per heavy atom. The highest BCUT2D eigenvalue weighted by Crippen LogP contribution is 2.13. The maximum Gasteiger partial charge on any atom is 0.340 e. The van der Waals surface area contributed by atoms with Crippen molar-refractivity contribution in [2.45, 2.75) is 19.4 Å². The molecule has 0 radical (unpaired) electrons. The largest absolute Gasteiger partial charge is 0.459 e. The number of anilines is 1. The van der Waals surface area contributed by atoms with E-state index >= 15 is 0 Å². The zero-order valence-corrected chi connectivity index (χ0v) is 10.8. The highest BCUT2D eigenvalue weighted by atomic mass is 35.5. The summed E-state index contributed by atoms with van der Waals surface area (Å²) in [6, 6.07) is 6.87. The number of carbonyl (C=O) groups is 1. The molecule has 0 saturated carbocycles. The van der Waals surface area contributed by atoms with E-state index in [1.807, 2.05) is 6.92 Å². The molecule has 0 saturated heterocycles. The molecule has 2 N–H and O–H groups in total. The number of hydrogen-bond donors (Lipinski definition) is 1. The molecule has 0 aliphatic heterocycles. The Hall–Kier alpha value is -1.26. The number of carbonyl (C=O) groups excluding carboxylic acids is 1. The van der Waals surface area contributed by atoms with Gasteiger partial charge >= 0.3 is 5.97 Å². The summed E-state index contributed by atoms with van der Waals surface area (Å²) in [5.74, 6) is -0.387. The van der Waals surface area contributed by atoms with E-state index in [0.717, 1.165) is 0 Å². The van der Waals surface area contributed by atoms with Crippen molar-refractivity contribution < 1.29 is 14.3 Å². The van der Waals surface area contributed by atoms with Gasteiger partial charge in [0.15, 0.2) is 0 Å². The summed E-state index contributed by atoms with van der Waals surface area (Å²) in [6.45, 7) is 2.40. The Morgan fingerprint density at radius 1 is 1.41 bits per heavy atom. The van der Waals surface area contributed by atoms with Crippen LogP contribution in [0.25, 0.3) is 0 Å². The van der Waals surface area contributed by atoms with Crippen LogP contribution in [0.5, 0.6) is 0 Å². The van der Waals surface area contributed by atoms with Crippen molar-refractivity contribution in [3.05, 3.63) is 29.8 Å². The minimum atomic E-state index is -0.387. The maximum atomic E-state index is 11.7. The van der Waals surface area contributed by atoms with Gasteiger partial charge in [-0.25, -0.2) is 4.79 Å². The number of benzene rings is 1. The number of nitrogen functional groups attached to an aromatic ring is 1. The SMILES string of the molecule is COCCC(C)OC(=O)c1ccccc1N.Cl. The summed E-state index contributed by atoms with van der Waals surface area (Å²) in [5, 5.41) is 0. The van der Waals surface area contributed by atoms with E-state index in [1.54, 1.807) is 31.4 Å². The molecule has 17 heavy (non-hydrogen) atoms. The van der Waals surface area contributed by atoms with Gasteiger partial charge in [-0.2, -0.15) is 0 Å². The lowest BCUT2D eigenvalue weighted by atomic mass is 10.2. The molecule has 96 valence electrons. The van der Waals surface area contributed by atoms with E-state index in [1.165, 1.54) is 0 Å². The van der Waals surface area contributed by atoms with E-state index in [2.05, 4.69) is 0 Å². The predicted octanol–water partition coefficient (Wildman–Crippen LogP) is 2.27. The summed E-state index contributed by atoms with van der Waals surface area (Å²) in [6.07, 6.45) is 0.502. The Labute approximate surface area is 108 Å². The lowest BCUT2D eigenvalue weighted by molar-refractivity contribution is 0.0268. The molecule has 0 spiro atoms. The summed E-state index contributed by atoms with van der Waals surface area (Å²) >= 11 is 0. The third kappa shape index (κ3) is 5.06. The molecule has 1 aromatic rings. The number of halogens is 1. The Morgan fingerprint density at radius 2 is 2.06 bits per heavy atom. The fourth-order valence-corrected chi connectivity index (χ4v) is 1.27. The maximum absolute atomic E-state index is 11.7. The molecule has 4 nitrogen and oxygen atoms in total. The third-order valence-electron chi connectivity index (χ3n) is 2.22. The molecule has 0 amide bonds. The average Bonchev–Trinajstić information content (AvgIpc) is 2.26. The van der Waals surface area contributed by atoms with Crippen LogP contribution in [0.3, 0.4) is 0 Å². The van der Waals surface area contributed by atoms with Crippen LogP contribution in [-0.2, 0) is 9.47 Å². The summed E-state index contributed by atoms with van der Waals surface area (Å²) < 4.78 is 10.1. The van der Waals surface area contributed by atoms with Gasteiger partial charge in [-0.05, 0) is 19.1 Å². The van der Waals surface area contributed by atoms with Crippen molar-refractivity contribution >= 4 is 24.1 Å². The van der Waals surface area contributed by atoms with Crippen LogP contribution >= 0.6 is 12.4 Å². The van der Waals surface area contributed by atoms with Crippen LogP contribution in [0.2, 0.25) is 0 Å². The molecule has 0 bridgehead atoms. The summed E-state index contributed by atoms with van der Waals surface area (Å²) in [7, 11) is 1.61. The van der Waals surface area contributed by atoms with E-state index in [4.69, 9.17) is 15.2 Å². The van der Waals surface area contributed by atoms with E-state index in [0.29, 0.717) is 24.3 Å². The molecule has 1 atom stereocenters. The van der Waals surface area contributed by atoms with Crippen LogP contribution in [0, 0.1) is 0 Å². The standard InChI is InChI=1S/C12H17NO3.ClH/c1-9(7-8-15-2)16-12(14)10-5-3-4-6-11(10)13;/h3-6,9H,7-8,13H2,1-2H3;1H. The van der Waals surface area contributed by atoms with E-state index < -0.39 is 0 Å². The van der Waals surface area contributed by atoms with Gasteiger partial charge in [0.25, 0.3) is 0 Å². The number of ether oxygens (including phenoxy) is 2. The molecule has 1 unspecified atom stereocenters. The van der Waals surface area contributed by atoms with E-state index in [-0.39, 0.29) is 24.5 Å². The number of hydrogen-bond acceptors (Lipinski definition) is 4. The van der Waals surface area contributed by atoms with Gasteiger partial charge < -0.3 is 15.2 Å². The Bertz CT molecular complexity index is 357. The van der Waals surface area contributed by atoms with Crippen molar-refractivity contribution in [1.82, 2.24) is 0 Å². The molecule has 0 aromatic heterocycles. The van der Waals surface area contributed by atoms with Crippen molar-refractivity contribution in [2.24, 2.45) is 0 Å². The summed E-state index contributed by atoms with van der Waals surface area (Å²) in [5.41, 5.74) is 6.52. The Kier molecular flexibility index (Phi) is 7.34. The molecule has 0 aliphatic carbocycles.